The lowest BCUT2D eigenvalue weighted by Crippen LogP contribution is -2.28. The highest BCUT2D eigenvalue weighted by molar-refractivity contribution is 7.92. The zero-order chi connectivity index (χ0) is 22.1. The van der Waals surface area contributed by atoms with E-state index in [2.05, 4.69) is 0 Å². The Morgan fingerprint density at radius 2 is 1.60 bits per heavy atom. The summed E-state index contributed by atoms with van der Waals surface area (Å²) in [6.45, 7) is 0. The predicted molar refractivity (Wildman–Crippen MR) is 115 cm³/mol. The summed E-state index contributed by atoms with van der Waals surface area (Å²) in [4.78, 5) is 12.1. The van der Waals surface area contributed by atoms with E-state index in [-0.39, 0.29) is 31.8 Å². The number of carbonyl (C=O) groups excluding carboxylic acids is 1. The molecule has 0 radical (unpaired) electrons. The van der Waals surface area contributed by atoms with E-state index in [4.69, 9.17) is 27.9 Å². The Labute approximate surface area is 183 Å². The Balaban J connectivity index is 2.22. The van der Waals surface area contributed by atoms with Crippen molar-refractivity contribution < 1.29 is 22.3 Å². The lowest BCUT2D eigenvalue weighted by molar-refractivity contribution is 0.0601. The highest BCUT2D eigenvalue weighted by Crippen LogP contribution is 2.34. The van der Waals surface area contributed by atoms with E-state index in [9.17, 15) is 17.6 Å². The van der Waals surface area contributed by atoms with Gasteiger partial charge in [-0.3, -0.25) is 4.31 Å². The van der Waals surface area contributed by atoms with Crippen LogP contribution in [-0.4, -0.2) is 28.5 Å². The molecule has 156 valence electrons. The van der Waals surface area contributed by atoms with Gasteiger partial charge in [-0.25, -0.2) is 17.6 Å². The van der Waals surface area contributed by atoms with Crippen LogP contribution in [0.2, 0.25) is 10.0 Å². The van der Waals surface area contributed by atoms with Crippen molar-refractivity contribution in [1.29, 1.82) is 0 Å². The fourth-order valence-electron chi connectivity index (χ4n) is 2.90. The minimum absolute atomic E-state index is 0.0572. The minimum atomic E-state index is -4.18. The van der Waals surface area contributed by atoms with Crippen LogP contribution >= 0.6 is 23.2 Å². The first-order chi connectivity index (χ1) is 14.1. The zero-order valence-electron chi connectivity index (χ0n) is 15.9. The van der Waals surface area contributed by atoms with Crippen LogP contribution in [0.25, 0.3) is 11.1 Å². The topological polar surface area (TPSA) is 63.7 Å². The molecular formula is C21H16Cl2FNO4S. The first-order valence-corrected chi connectivity index (χ1v) is 10.8. The molecule has 0 saturated heterocycles. The van der Waals surface area contributed by atoms with Crippen molar-refractivity contribution in [3.05, 3.63) is 82.1 Å². The molecule has 0 fully saturated rings. The summed E-state index contributed by atoms with van der Waals surface area (Å²) in [5, 5.41) is 0.262. The van der Waals surface area contributed by atoms with E-state index < -0.39 is 21.8 Å². The van der Waals surface area contributed by atoms with Gasteiger partial charge >= 0.3 is 5.97 Å². The van der Waals surface area contributed by atoms with Crippen molar-refractivity contribution in [1.82, 2.24) is 0 Å². The average Bonchev–Trinajstić information content (AvgIpc) is 2.72. The molecule has 3 rings (SSSR count). The number of rotatable bonds is 5. The summed E-state index contributed by atoms with van der Waals surface area (Å²) in [6.07, 6.45) is 0. The molecule has 0 N–H and O–H groups in total. The van der Waals surface area contributed by atoms with Crippen molar-refractivity contribution in [3.8, 4) is 11.1 Å². The molecule has 0 atom stereocenters. The minimum Gasteiger partial charge on any atom is -0.465 e. The lowest BCUT2D eigenvalue weighted by atomic mass is 10.0. The predicted octanol–water partition coefficient (Wildman–Crippen LogP) is 5.41. The van der Waals surface area contributed by atoms with E-state index in [0.717, 1.165) is 17.5 Å². The van der Waals surface area contributed by atoms with Crippen molar-refractivity contribution in [3.63, 3.8) is 0 Å². The Bertz CT molecular complexity index is 1200. The highest BCUT2D eigenvalue weighted by Gasteiger charge is 2.28. The van der Waals surface area contributed by atoms with Gasteiger partial charge in [0, 0.05) is 22.7 Å². The van der Waals surface area contributed by atoms with Gasteiger partial charge in [-0.1, -0.05) is 53.5 Å². The summed E-state index contributed by atoms with van der Waals surface area (Å²) in [6, 6.07) is 14.7. The molecule has 3 aromatic carbocycles. The van der Waals surface area contributed by atoms with Gasteiger partial charge in [0.1, 0.15) is 5.82 Å². The third-order valence-electron chi connectivity index (χ3n) is 4.41. The first-order valence-electron chi connectivity index (χ1n) is 8.57. The molecule has 0 spiro atoms. The number of ether oxygens (including phenoxy) is 1. The molecule has 0 amide bonds. The first kappa shape index (κ1) is 22.1. The van der Waals surface area contributed by atoms with Gasteiger partial charge < -0.3 is 4.74 Å². The number of nitrogens with zero attached hydrogens (tertiary/aromatic N) is 1. The molecule has 3 aromatic rings. The van der Waals surface area contributed by atoms with Crippen LogP contribution in [-0.2, 0) is 14.8 Å². The molecular weight excluding hydrogens is 452 g/mol. The SMILES string of the molecule is COC(=O)c1cc(F)c(-c2ccccc2)cc1N(C)S(=O)(=O)c1cc(Cl)cc(Cl)c1. The summed E-state index contributed by atoms with van der Waals surface area (Å²) in [5.41, 5.74) is 0.348. The van der Waals surface area contributed by atoms with E-state index >= 15 is 0 Å². The largest absolute Gasteiger partial charge is 0.465 e. The molecule has 0 aliphatic heterocycles. The van der Waals surface area contributed by atoms with Crippen LogP contribution in [0.4, 0.5) is 10.1 Å². The second kappa shape index (κ2) is 8.63. The Hall–Kier alpha value is -2.61. The van der Waals surface area contributed by atoms with Gasteiger partial charge in [-0.15, -0.1) is 0 Å². The van der Waals surface area contributed by atoms with Gasteiger partial charge in [-0.2, -0.15) is 0 Å². The van der Waals surface area contributed by atoms with Crippen LogP contribution in [0, 0.1) is 5.82 Å². The van der Waals surface area contributed by atoms with E-state index in [1.165, 1.54) is 31.3 Å². The van der Waals surface area contributed by atoms with E-state index in [1.807, 2.05) is 0 Å². The quantitative estimate of drug-likeness (QED) is 0.470. The average molecular weight is 468 g/mol. The standard InChI is InChI=1S/C21H16Cl2FNO4S/c1-25(30(27,28)16-9-14(22)8-15(23)10-16)20-12-17(13-6-4-3-5-7-13)19(24)11-18(20)21(26)29-2/h3-12H,1-2H3. The molecule has 0 unspecified atom stereocenters. The molecule has 0 aliphatic rings. The number of anilines is 1. The van der Waals surface area contributed by atoms with E-state index in [1.54, 1.807) is 30.3 Å². The number of sulfonamides is 1. The molecule has 9 heteroatoms. The molecule has 5 nitrogen and oxygen atoms in total. The maximum absolute atomic E-state index is 14.8. The molecule has 0 aromatic heterocycles. The van der Waals surface area contributed by atoms with Crippen LogP contribution < -0.4 is 4.31 Å². The maximum Gasteiger partial charge on any atom is 0.340 e. The van der Waals surface area contributed by atoms with Gasteiger partial charge in [0.15, 0.2) is 0 Å². The van der Waals surface area contributed by atoms with Crippen molar-refractivity contribution in [2.24, 2.45) is 0 Å². The van der Waals surface area contributed by atoms with Gasteiger partial charge in [0.05, 0.1) is 23.3 Å². The maximum atomic E-state index is 14.8. The number of methoxy groups -OCH3 is 1. The summed E-state index contributed by atoms with van der Waals surface area (Å²) in [5.74, 6) is -1.57. The number of hydrogen-bond donors (Lipinski definition) is 0. The highest BCUT2D eigenvalue weighted by atomic mass is 35.5. The molecule has 30 heavy (non-hydrogen) atoms. The smallest absolute Gasteiger partial charge is 0.340 e. The van der Waals surface area contributed by atoms with Gasteiger partial charge in [0.2, 0.25) is 0 Å². The monoisotopic (exact) mass is 467 g/mol. The molecule has 0 saturated carbocycles. The third-order valence-corrected chi connectivity index (χ3v) is 6.59. The fourth-order valence-corrected chi connectivity index (χ4v) is 4.83. The van der Waals surface area contributed by atoms with Crippen molar-refractivity contribution >= 4 is 44.9 Å². The van der Waals surface area contributed by atoms with Crippen LogP contribution in [0.3, 0.4) is 0 Å². The summed E-state index contributed by atoms with van der Waals surface area (Å²) in [7, 11) is -1.80. The summed E-state index contributed by atoms with van der Waals surface area (Å²) >= 11 is 11.9. The number of hydrogen-bond acceptors (Lipinski definition) is 4. The second-order valence-electron chi connectivity index (χ2n) is 6.28. The van der Waals surface area contributed by atoms with Gasteiger partial charge in [0.25, 0.3) is 10.0 Å². The van der Waals surface area contributed by atoms with Crippen LogP contribution in [0.5, 0.6) is 0 Å². The molecule has 0 aliphatic carbocycles. The van der Waals surface area contributed by atoms with Crippen LogP contribution in [0.15, 0.2) is 65.6 Å². The normalized spacial score (nSPS) is 11.2. The number of carbonyl (C=O) groups is 1. The lowest BCUT2D eigenvalue weighted by Gasteiger charge is -2.23. The van der Waals surface area contributed by atoms with Crippen molar-refractivity contribution in [2.75, 3.05) is 18.5 Å². The summed E-state index contributed by atoms with van der Waals surface area (Å²) < 4.78 is 46.8. The molecule has 0 bridgehead atoms. The van der Waals surface area contributed by atoms with E-state index in [0.29, 0.717) is 5.56 Å². The van der Waals surface area contributed by atoms with Crippen molar-refractivity contribution in [2.45, 2.75) is 4.90 Å². The Kier molecular flexibility index (Phi) is 6.36. The number of benzene rings is 3. The fraction of sp³-hybridized carbons (Fsp3) is 0.0952. The van der Waals surface area contributed by atoms with Crippen LogP contribution in [0.1, 0.15) is 10.4 Å². The zero-order valence-corrected chi connectivity index (χ0v) is 18.2. The molecule has 0 heterocycles. The Morgan fingerprint density at radius 3 is 2.17 bits per heavy atom. The third kappa shape index (κ3) is 4.28. The number of esters is 1. The second-order valence-corrected chi connectivity index (χ2v) is 9.13. The number of halogens is 3. The van der Waals surface area contributed by atoms with Gasteiger partial charge in [-0.05, 0) is 35.9 Å². The Morgan fingerprint density at radius 1 is 1.00 bits per heavy atom.